The Hall–Kier alpha value is -2.35. The molecule has 1 aliphatic rings. The van der Waals surface area contributed by atoms with Gasteiger partial charge < -0.3 is 5.32 Å². The first-order valence-corrected chi connectivity index (χ1v) is 5.26. The molecule has 86 valence electrons. The topological polar surface area (TPSA) is 82.0 Å². The summed E-state index contributed by atoms with van der Waals surface area (Å²) in [5.74, 6) is -0.352. The average molecular weight is 229 g/mol. The summed E-state index contributed by atoms with van der Waals surface area (Å²) in [6, 6.07) is 8.16. The van der Waals surface area contributed by atoms with Gasteiger partial charge in [-0.1, -0.05) is 19.1 Å². The van der Waals surface area contributed by atoms with Gasteiger partial charge in [0.1, 0.15) is 5.54 Å². The van der Waals surface area contributed by atoms with E-state index in [9.17, 15) is 9.59 Å². The first-order valence-electron chi connectivity index (χ1n) is 5.26. The Morgan fingerprint density at radius 3 is 2.35 bits per heavy atom. The number of carbonyl (C=O) groups excluding carboxylic acids is 2. The van der Waals surface area contributed by atoms with E-state index in [1.54, 1.807) is 24.3 Å². The third kappa shape index (κ3) is 1.64. The van der Waals surface area contributed by atoms with Gasteiger partial charge in [0, 0.05) is 0 Å². The summed E-state index contributed by atoms with van der Waals surface area (Å²) < 4.78 is 0. The Morgan fingerprint density at radius 1 is 1.29 bits per heavy atom. The lowest BCUT2D eigenvalue weighted by atomic mass is 9.87. The first-order chi connectivity index (χ1) is 8.12. The molecule has 1 saturated heterocycles. The van der Waals surface area contributed by atoms with Crippen molar-refractivity contribution in [1.82, 2.24) is 10.6 Å². The monoisotopic (exact) mass is 229 g/mol. The highest BCUT2D eigenvalue weighted by atomic mass is 16.2. The average Bonchev–Trinajstić information content (AvgIpc) is 2.65. The standard InChI is InChI=1S/C12H11N3O2/c1-2-12(10(16)14-11(17)15-12)9-5-3-8(7-13)4-6-9/h3-6H,2H2,1H3,(H2,14,15,16,17)/t12-/m0/s1. The van der Waals surface area contributed by atoms with Gasteiger partial charge in [-0.2, -0.15) is 5.26 Å². The van der Waals surface area contributed by atoms with Gasteiger partial charge in [-0.15, -0.1) is 0 Å². The van der Waals surface area contributed by atoms with Gasteiger partial charge in [0.25, 0.3) is 5.91 Å². The van der Waals surface area contributed by atoms with Crippen LogP contribution in [0.2, 0.25) is 0 Å². The fourth-order valence-corrected chi connectivity index (χ4v) is 1.98. The molecule has 1 aromatic rings. The lowest BCUT2D eigenvalue weighted by Crippen LogP contribution is -2.43. The van der Waals surface area contributed by atoms with Crippen LogP contribution >= 0.6 is 0 Å². The zero-order valence-electron chi connectivity index (χ0n) is 9.28. The smallest absolute Gasteiger partial charge is 0.319 e. The lowest BCUT2D eigenvalue weighted by molar-refractivity contribution is -0.124. The lowest BCUT2D eigenvalue weighted by Gasteiger charge is -2.24. The van der Waals surface area contributed by atoms with Gasteiger partial charge in [-0.05, 0) is 24.1 Å². The minimum absolute atomic E-state index is 0.352. The molecule has 17 heavy (non-hydrogen) atoms. The van der Waals surface area contributed by atoms with E-state index in [-0.39, 0.29) is 5.91 Å². The molecule has 0 unspecified atom stereocenters. The fourth-order valence-electron chi connectivity index (χ4n) is 1.98. The van der Waals surface area contributed by atoms with Crippen molar-refractivity contribution in [3.05, 3.63) is 35.4 Å². The maximum absolute atomic E-state index is 11.8. The minimum Gasteiger partial charge on any atom is -0.319 e. The molecule has 0 aliphatic carbocycles. The van der Waals surface area contributed by atoms with Crippen LogP contribution in [0.25, 0.3) is 0 Å². The first kappa shape index (κ1) is 11.1. The molecule has 0 radical (unpaired) electrons. The second-order valence-corrected chi connectivity index (χ2v) is 3.86. The van der Waals surface area contributed by atoms with Crippen molar-refractivity contribution in [1.29, 1.82) is 5.26 Å². The number of nitrogens with zero attached hydrogens (tertiary/aromatic N) is 1. The second kappa shape index (κ2) is 3.91. The number of rotatable bonds is 2. The number of hydrogen-bond acceptors (Lipinski definition) is 3. The van der Waals surface area contributed by atoms with Gasteiger partial charge in [-0.25, -0.2) is 4.79 Å². The third-order valence-electron chi connectivity index (χ3n) is 2.98. The van der Waals surface area contributed by atoms with Gasteiger partial charge in [0.15, 0.2) is 0 Å². The molecule has 5 heteroatoms. The maximum atomic E-state index is 11.8. The van der Waals surface area contributed by atoms with Crippen molar-refractivity contribution in [3.8, 4) is 6.07 Å². The summed E-state index contributed by atoms with van der Waals surface area (Å²) in [6.45, 7) is 1.82. The number of hydrogen-bond donors (Lipinski definition) is 2. The largest absolute Gasteiger partial charge is 0.322 e. The molecule has 0 aromatic heterocycles. The molecule has 1 aromatic carbocycles. The quantitative estimate of drug-likeness (QED) is 0.742. The number of nitrogens with one attached hydrogen (secondary N) is 2. The van der Waals surface area contributed by atoms with Crippen molar-refractivity contribution < 1.29 is 9.59 Å². The Balaban J connectivity index is 2.45. The summed E-state index contributed by atoms with van der Waals surface area (Å²) in [5, 5.41) is 13.6. The van der Waals surface area contributed by atoms with E-state index in [4.69, 9.17) is 5.26 Å². The molecule has 2 N–H and O–H groups in total. The highest BCUT2D eigenvalue weighted by Crippen LogP contribution is 2.28. The highest BCUT2D eigenvalue weighted by molar-refractivity contribution is 6.07. The molecule has 1 fully saturated rings. The van der Waals surface area contributed by atoms with E-state index in [0.29, 0.717) is 17.5 Å². The zero-order valence-corrected chi connectivity index (χ0v) is 9.28. The summed E-state index contributed by atoms with van der Waals surface area (Å²) in [7, 11) is 0. The molecule has 3 amide bonds. The molecule has 1 heterocycles. The van der Waals surface area contributed by atoms with Crippen LogP contribution in [0.4, 0.5) is 4.79 Å². The SMILES string of the molecule is CC[C@@]1(c2ccc(C#N)cc2)NC(=O)NC1=O. The maximum Gasteiger partial charge on any atom is 0.322 e. The highest BCUT2D eigenvalue weighted by Gasteiger charge is 2.45. The van der Waals surface area contributed by atoms with E-state index >= 15 is 0 Å². The van der Waals surface area contributed by atoms with Gasteiger partial charge in [0.05, 0.1) is 11.6 Å². The number of urea groups is 1. The van der Waals surface area contributed by atoms with Crippen LogP contribution in [0, 0.1) is 11.3 Å². The Bertz CT molecular complexity index is 516. The molecular weight excluding hydrogens is 218 g/mol. The number of imide groups is 1. The number of benzene rings is 1. The molecule has 0 saturated carbocycles. The third-order valence-corrected chi connectivity index (χ3v) is 2.98. The molecule has 0 spiro atoms. The van der Waals surface area contributed by atoms with Crippen LogP contribution in [-0.2, 0) is 10.3 Å². The molecule has 5 nitrogen and oxygen atoms in total. The van der Waals surface area contributed by atoms with Gasteiger partial charge in [-0.3, -0.25) is 10.1 Å². The van der Waals surface area contributed by atoms with Crippen LogP contribution < -0.4 is 10.6 Å². The summed E-state index contributed by atoms with van der Waals surface area (Å²) in [4.78, 5) is 23.1. The molecular formula is C12H11N3O2. The normalized spacial score (nSPS) is 22.8. The summed E-state index contributed by atoms with van der Waals surface area (Å²) >= 11 is 0. The Morgan fingerprint density at radius 2 is 1.94 bits per heavy atom. The van der Waals surface area contributed by atoms with Crippen LogP contribution in [-0.4, -0.2) is 11.9 Å². The van der Waals surface area contributed by atoms with Crippen molar-refractivity contribution in [2.45, 2.75) is 18.9 Å². The van der Waals surface area contributed by atoms with Crippen LogP contribution in [0.1, 0.15) is 24.5 Å². The van der Waals surface area contributed by atoms with E-state index < -0.39 is 11.6 Å². The number of carbonyl (C=O) groups is 2. The van der Waals surface area contributed by atoms with Gasteiger partial charge in [0.2, 0.25) is 0 Å². The minimum atomic E-state index is -1.01. The molecule has 0 bridgehead atoms. The van der Waals surface area contributed by atoms with E-state index in [0.717, 1.165) is 0 Å². The van der Waals surface area contributed by atoms with Crippen molar-refractivity contribution in [2.24, 2.45) is 0 Å². The summed E-state index contributed by atoms with van der Waals surface area (Å²) in [5.41, 5.74) is 0.192. The van der Waals surface area contributed by atoms with Crippen LogP contribution in [0.3, 0.4) is 0 Å². The predicted octanol–water partition coefficient (Wildman–Crippen LogP) is 1.00. The van der Waals surface area contributed by atoms with E-state index in [1.807, 2.05) is 13.0 Å². The van der Waals surface area contributed by atoms with Crippen molar-refractivity contribution in [2.75, 3.05) is 0 Å². The summed E-state index contributed by atoms with van der Waals surface area (Å²) in [6.07, 6.45) is 0.455. The second-order valence-electron chi connectivity index (χ2n) is 3.86. The molecule has 1 aliphatic heterocycles. The Kier molecular flexibility index (Phi) is 2.56. The van der Waals surface area contributed by atoms with E-state index in [2.05, 4.69) is 10.6 Å². The van der Waals surface area contributed by atoms with Gasteiger partial charge >= 0.3 is 6.03 Å². The molecule has 2 rings (SSSR count). The van der Waals surface area contributed by atoms with Crippen LogP contribution in [0.5, 0.6) is 0 Å². The van der Waals surface area contributed by atoms with Crippen molar-refractivity contribution in [3.63, 3.8) is 0 Å². The van der Waals surface area contributed by atoms with Crippen molar-refractivity contribution >= 4 is 11.9 Å². The van der Waals surface area contributed by atoms with E-state index in [1.165, 1.54) is 0 Å². The number of nitriles is 1. The fraction of sp³-hybridized carbons (Fsp3) is 0.250. The predicted molar refractivity (Wildman–Crippen MR) is 59.8 cm³/mol. The van der Waals surface area contributed by atoms with Crippen LogP contribution in [0.15, 0.2) is 24.3 Å². The Labute approximate surface area is 98.4 Å². The molecule has 1 atom stereocenters. The zero-order chi connectivity index (χ0) is 12.5. The number of amides is 3.